The Kier molecular flexibility index (Phi) is 3.39. The van der Waals surface area contributed by atoms with Gasteiger partial charge in [0, 0.05) is 11.3 Å². The molecule has 1 atom stereocenters. The molecule has 1 N–H and O–H groups in total. The van der Waals surface area contributed by atoms with E-state index < -0.39 is 0 Å². The van der Waals surface area contributed by atoms with Crippen molar-refractivity contribution in [2.45, 2.75) is 37.5 Å². The summed E-state index contributed by atoms with van der Waals surface area (Å²) in [6.45, 7) is 4.88. The number of thioether (sulfide) groups is 1. The summed E-state index contributed by atoms with van der Waals surface area (Å²) in [6.07, 6.45) is 4.40. The zero-order valence-corrected chi connectivity index (χ0v) is 11.5. The van der Waals surface area contributed by atoms with Crippen molar-refractivity contribution in [3.05, 3.63) is 0 Å². The maximum Gasteiger partial charge on any atom is 0.245 e. The summed E-state index contributed by atoms with van der Waals surface area (Å²) < 4.78 is 0.231. The number of hydrogen-bond donors (Lipinski definition) is 1. The lowest BCUT2D eigenvalue weighted by molar-refractivity contribution is -0.145. The molecule has 4 nitrogen and oxygen atoms in total. The zero-order chi connectivity index (χ0) is 12.6. The molecule has 0 spiro atoms. The lowest BCUT2D eigenvalue weighted by Crippen LogP contribution is -2.60. The van der Waals surface area contributed by atoms with E-state index in [1.54, 1.807) is 4.90 Å². The maximum absolute atomic E-state index is 12.2. The van der Waals surface area contributed by atoms with Crippen molar-refractivity contribution >= 4 is 23.6 Å². The summed E-state index contributed by atoms with van der Waals surface area (Å²) in [5.41, 5.74) is 0. The van der Waals surface area contributed by atoms with Crippen molar-refractivity contribution in [2.75, 3.05) is 19.3 Å². The van der Waals surface area contributed by atoms with Crippen LogP contribution in [0.1, 0.15) is 26.7 Å². The minimum Gasteiger partial charge on any atom is -0.343 e. The second-order valence-corrected chi connectivity index (χ2v) is 6.64. The van der Waals surface area contributed by atoms with Crippen molar-refractivity contribution in [3.8, 4) is 0 Å². The van der Waals surface area contributed by atoms with Crippen LogP contribution in [0.2, 0.25) is 0 Å². The molecule has 96 valence electrons. The van der Waals surface area contributed by atoms with Crippen molar-refractivity contribution in [1.82, 2.24) is 10.2 Å². The van der Waals surface area contributed by atoms with E-state index in [1.165, 1.54) is 0 Å². The van der Waals surface area contributed by atoms with Gasteiger partial charge < -0.3 is 10.2 Å². The van der Waals surface area contributed by atoms with Crippen molar-refractivity contribution in [3.63, 3.8) is 0 Å². The number of rotatable bonds is 4. The van der Waals surface area contributed by atoms with Gasteiger partial charge in [-0.3, -0.25) is 9.59 Å². The number of nitrogens with one attached hydrogen (secondary N) is 1. The fourth-order valence-corrected chi connectivity index (χ4v) is 3.02. The Morgan fingerprint density at radius 2 is 2.12 bits per heavy atom. The molecule has 2 aliphatic rings. The average molecular weight is 256 g/mol. The number of amides is 2. The van der Waals surface area contributed by atoms with Gasteiger partial charge in [-0.25, -0.2) is 0 Å². The molecule has 1 aliphatic heterocycles. The number of hydrogen-bond acceptors (Lipinski definition) is 3. The van der Waals surface area contributed by atoms with Gasteiger partial charge in [-0.1, -0.05) is 13.8 Å². The van der Waals surface area contributed by atoms with E-state index >= 15 is 0 Å². The molecule has 2 amide bonds. The van der Waals surface area contributed by atoms with Gasteiger partial charge in [0.15, 0.2) is 0 Å². The number of carbonyl (C=O) groups excluding carboxylic acids is 2. The Labute approximate surface area is 106 Å². The Morgan fingerprint density at radius 3 is 2.59 bits per heavy atom. The summed E-state index contributed by atoms with van der Waals surface area (Å²) in [5, 5.41) is 2.78. The van der Waals surface area contributed by atoms with Crippen molar-refractivity contribution < 1.29 is 9.59 Å². The molecule has 1 aliphatic carbocycles. The van der Waals surface area contributed by atoms with Crippen LogP contribution >= 0.6 is 11.8 Å². The van der Waals surface area contributed by atoms with Crippen LogP contribution in [-0.2, 0) is 9.59 Å². The first-order valence-corrected chi connectivity index (χ1v) is 7.33. The van der Waals surface area contributed by atoms with E-state index in [0.29, 0.717) is 0 Å². The molecule has 2 rings (SSSR count). The van der Waals surface area contributed by atoms with Gasteiger partial charge in [0.05, 0.1) is 6.54 Å². The molecule has 5 heteroatoms. The van der Waals surface area contributed by atoms with Crippen LogP contribution in [0.3, 0.4) is 0 Å². The van der Waals surface area contributed by atoms with Crippen LogP contribution in [-0.4, -0.2) is 46.8 Å². The smallest absolute Gasteiger partial charge is 0.245 e. The minimum atomic E-state index is -0.339. The van der Waals surface area contributed by atoms with Gasteiger partial charge in [0.25, 0.3) is 0 Å². The summed E-state index contributed by atoms with van der Waals surface area (Å²) in [6, 6.07) is -0.339. The topological polar surface area (TPSA) is 49.4 Å². The third-order valence-electron chi connectivity index (χ3n) is 3.62. The normalized spacial score (nSPS) is 27.3. The Bertz CT molecular complexity index is 339. The first-order chi connectivity index (χ1) is 7.97. The molecule has 2 fully saturated rings. The highest BCUT2D eigenvalue weighted by molar-refractivity contribution is 8.00. The van der Waals surface area contributed by atoms with Gasteiger partial charge in [-0.05, 0) is 25.0 Å². The van der Waals surface area contributed by atoms with Gasteiger partial charge in [0.2, 0.25) is 11.8 Å². The fourth-order valence-electron chi connectivity index (χ4n) is 2.23. The molecular formula is C12H20N2O2S. The van der Waals surface area contributed by atoms with Crippen LogP contribution in [0.5, 0.6) is 0 Å². The van der Waals surface area contributed by atoms with Crippen LogP contribution in [0.4, 0.5) is 0 Å². The van der Waals surface area contributed by atoms with E-state index in [9.17, 15) is 9.59 Å². The molecular weight excluding hydrogens is 236 g/mol. The molecule has 1 unspecified atom stereocenters. The van der Waals surface area contributed by atoms with Gasteiger partial charge in [-0.2, -0.15) is 11.8 Å². The SMILES string of the molecule is CSC1(CN2CC(=O)NC(C(C)C)C2=O)CC1. The average Bonchev–Trinajstić information content (AvgIpc) is 3.03. The molecule has 0 bridgehead atoms. The monoisotopic (exact) mass is 256 g/mol. The van der Waals surface area contributed by atoms with Crippen LogP contribution in [0, 0.1) is 5.92 Å². The van der Waals surface area contributed by atoms with E-state index in [2.05, 4.69) is 11.6 Å². The number of carbonyl (C=O) groups is 2. The van der Waals surface area contributed by atoms with Crippen molar-refractivity contribution in [2.24, 2.45) is 5.92 Å². The largest absolute Gasteiger partial charge is 0.343 e. The van der Waals surface area contributed by atoms with Gasteiger partial charge in [0.1, 0.15) is 6.04 Å². The van der Waals surface area contributed by atoms with Crippen LogP contribution < -0.4 is 5.32 Å². The maximum atomic E-state index is 12.2. The van der Waals surface area contributed by atoms with Crippen LogP contribution in [0.25, 0.3) is 0 Å². The summed E-state index contributed by atoms with van der Waals surface area (Å²) >= 11 is 1.82. The molecule has 1 heterocycles. The van der Waals surface area contributed by atoms with E-state index in [1.807, 2.05) is 25.6 Å². The standard InChI is InChI=1S/C12H20N2O2S/c1-8(2)10-11(16)14(6-9(15)13-10)7-12(17-3)4-5-12/h8,10H,4-7H2,1-3H3,(H,13,15). The first kappa shape index (κ1) is 12.7. The Hall–Kier alpha value is -0.710. The zero-order valence-electron chi connectivity index (χ0n) is 10.7. The van der Waals surface area contributed by atoms with Crippen molar-refractivity contribution in [1.29, 1.82) is 0 Å². The second kappa shape index (κ2) is 4.52. The Morgan fingerprint density at radius 1 is 1.47 bits per heavy atom. The predicted molar refractivity (Wildman–Crippen MR) is 68.8 cm³/mol. The summed E-state index contributed by atoms with van der Waals surface area (Å²) in [4.78, 5) is 25.6. The second-order valence-electron chi connectivity index (χ2n) is 5.37. The highest BCUT2D eigenvalue weighted by Gasteiger charge is 2.46. The Balaban J connectivity index is 2.05. The quantitative estimate of drug-likeness (QED) is 0.812. The fraction of sp³-hybridized carbons (Fsp3) is 0.833. The molecule has 0 aromatic rings. The van der Waals surface area contributed by atoms with Gasteiger partial charge in [-0.15, -0.1) is 0 Å². The van der Waals surface area contributed by atoms with E-state index in [4.69, 9.17) is 0 Å². The third kappa shape index (κ3) is 2.59. The molecule has 1 saturated carbocycles. The predicted octanol–water partition coefficient (Wildman–Crippen LogP) is 0.865. The number of nitrogens with zero attached hydrogens (tertiary/aromatic N) is 1. The lowest BCUT2D eigenvalue weighted by atomic mass is 10.0. The van der Waals surface area contributed by atoms with E-state index in [0.717, 1.165) is 19.4 Å². The molecule has 17 heavy (non-hydrogen) atoms. The van der Waals surface area contributed by atoms with Gasteiger partial charge >= 0.3 is 0 Å². The molecule has 0 aromatic carbocycles. The highest BCUT2D eigenvalue weighted by Crippen LogP contribution is 2.47. The first-order valence-electron chi connectivity index (χ1n) is 6.11. The van der Waals surface area contributed by atoms with E-state index in [-0.39, 0.29) is 35.1 Å². The molecule has 1 saturated heterocycles. The number of piperazine rings is 1. The highest BCUT2D eigenvalue weighted by atomic mass is 32.2. The lowest BCUT2D eigenvalue weighted by Gasteiger charge is -2.36. The molecule has 0 aromatic heterocycles. The summed E-state index contributed by atoms with van der Waals surface area (Å²) in [7, 11) is 0. The van der Waals surface area contributed by atoms with Crippen LogP contribution in [0.15, 0.2) is 0 Å². The third-order valence-corrected chi connectivity index (χ3v) is 5.02. The minimum absolute atomic E-state index is 0.0276. The molecule has 0 radical (unpaired) electrons. The summed E-state index contributed by atoms with van der Waals surface area (Å²) in [5.74, 6) is 0.207.